The summed E-state index contributed by atoms with van der Waals surface area (Å²) in [5.41, 5.74) is 0.838. The number of hydrogen-bond donors (Lipinski definition) is 1. The summed E-state index contributed by atoms with van der Waals surface area (Å²) >= 11 is 1.47. The van der Waals surface area contributed by atoms with E-state index in [1.54, 1.807) is 0 Å². The summed E-state index contributed by atoms with van der Waals surface area (Å²) in [6, 6.07) is 0. The molecule has 1 N–H and O–H groups in total. The molecule has 0 aromatic carbocycles. The third-order valence-corrected chi connectivity index (χ3v) is 4.84. The number of piperidine rings is 1. The Hall–Kier alpha value is -0.940. The van der Waals surface area contributed by atoms with Gasteiger partial charge in [-0.25, -0.2) is 4.98 Å². The zero-order chi connectivity index (χ0) is 14.7. The van der Waals surface area contributed by atoms with E-state index in [0.29, 0.717) is 6.54 Å². The Morgan fingerprint density at radius 1 is 1.35 bits per heavy atom. The molecule has 1 fully saturated rings. The van der Waals surface area contributed by atoms with Crippen LogP contribution in [-0.2, 0) is 0 Å². The average Bonchev–Trinajstić information content (AvgIpc) is 2.67. The maximum absolute atomic E-state index is 12.1. The smallest absolute Gasteiger partial charge is 0.263 e. The number of nitrogens with one attached hydrogen (secondary N) is 1. The van der Waals surface area contributed by atoms with Crippen LogP contribution in [0.25, 0.3) is 0 Å². The van der Waals surface area contributed by atoms with Gasteiger partial charge in [0.2, 0.25) is 0 Å². The molecular formula is C15H25N3OS. The Morgan fingerprint density at radius 2 is 2.00 bits per heavy atom. The first-order valence-corrected chi connectivity index (χ1v) is 8.22. The molecule has 1 amide bonds. The van der Waals surface area contributed by atoms with Crippen LogP contribution in [0.4, 0.5) is 0 Å². The first kappa shape index (κ1) is 15.4. The van der Waals surface area contributed by atoms with Crippen LogP contribution >= 0.6 is 11.3 Å². The van der Waals surface area contributed by atoms with Crippen LogP contribution < -0.4 is 5.32 Å². The number of carbonyl (C=O) groups excluding carboxylic acids is 1. The highest BCUT2D eigenvalue weighted by Gasteiger charge is 2.21. The molecule has 0 radical (unpaired) electrons. The van der Waals surface area contributed by atoms with Crippen molar-refractivity contribution in [1.82, 2.24) is 15.2 Å². The molecule has 1 aliphatic heterocycles. The van der Waals surface area contributed by atoms with Gasteiger partial charge in [-0.2, -0.15) is 0 Å². The van der Waals surface area contributed by atoms with Crippen LogP contribution in [0.3, 0.4) is 0 Å². The molecule has 5 heteroatoms. The van der Waals surface area contributed by atoms with Gasteiger partial charge in [-0.3, -0.25) is 4.79 Å². The van der Waals surface area contributed by atoms with E-state index in [9.17, 15) is 4.79 Å². The van der Waals surface area contributed by atoms with Gasteiger partial charge in [0, 0.05) is 26.2 Å². The maximum atomic E-state index is 12.1. The number of likely N-dealkylation sites (tertiary alicyclic amines) is 1. The van der Waals surface area contributed by atoms with E-state index >= 15 is 0 Å². The molecule has 1 saturated heterocycles. The summed E-state index contributed by atoms with van der Waals surface area (Å²) in [5, 5.41) is 3.97. The van der Waals surface area contributed by atoms with E-state index < -0.39 is 0 Å². The summed E-state index contributed by atoms with van der Waals surface area (Å²) < 4.78 is 0. The minimum Gasteiger partial charge on any atom is -0.350 e. The molecule has 2 atom stereocenters. The van der Waals surface area contributed by atoms with Gasteiger partial charge in [-0.1, -0.05) is 13.8 Å². The van der Waals surface area contributed by atoms with Crippen molar-refractivity contribution in [2.45, 2.75) is 34.1 Å². The molecule has 20 heavy (non-hydrogen) atoms. The van der Waals surface area contributed by atoms with Crippen molar-refractivity contribution in [3.05, 3.63) is 15.6 Å². The molecule has 1 aromatic rings. The molecule has 1 aliphatic rings. The van der Waals surface area contributed by atoms with E-state index in [2.05, 4.69) is 29.0 Å². The van der Waals surface area contributed by atoms with Gasteiger partial charge < -0.3 is 10.2 Å². The van der Waals surface area contributed by atoms with Gasteiger partial charge in [0.05, 0.1) is 10.7 Å². The monoisotopic (exact) mass is 295 g/mol. The van der Waals surface area contributed by atoms with E-state index in [1.165, 1.54) is 17.8 Å². The molecule has 0 spiro atoms. The molecule has 112 valence electrons. The minimum absolute atomic E-state index is 0.0196. The van der Waals surface area contributed by atoms with E-state index in [0.717, 1.165) is 47.0 Å². The second-order valence-electron chi connectivity index (χ2n) is 6.11. The molecular weight excluding hydrogens is 270 g/mol. The maximum Gasteiger partial charge on any atom is 0.263 e. The van der Waals surface area contributed by atoms with Crippen LogP contribution in [0.15, 0.2) is 0 Å². The SMILES string of the molecule is Cc1nc(C)c(C(=O)NCCN2C[C@H](C)C[C@@H](C)C2)s1. The first-order valence-electron chi connectivity index (χ1n) is 7.40. The molecule has 1 aromatic heterocycles. The fraction of sp³-hybridized carbons (Fsp3) is 0.733. The van der Waals surface area contributed by atoms with Crippen molar-refractivity contribution in [2.75, 3.05) is 26.2 Å². The Kier molecular flexibility index (Phi) is 5.16. The summed E-state index contributed by atoms with van der Waals surface area (Å²) in [6.07, 6.45) is 1.32. The number of aryl methyl sites for hydroxylation is 2. The Labute approximate surface area is 125 Å². The molecule has 0 bridgehead atoms. The second-order valence-corrected chi connectivity index (χ2v) is 7.31. The Balaban J connectivity index is 1.78. The quantitative estimate of drug-likeness (QED) is 0.928. The lowest BCUT2D eigenvalue weighted by Crippen LogP contribution is -2.42. The van der Waals surface area contributed by atoms with Crippen molar-refractivity contribution in [1.29, 1.82) is 0 Å². The zero-order valence-electron chi connectivity index (χ0n) is 12.9. The molecule has 4 nitrogen and oxygen atoms in total. The molecule has 2 rings (SSSR count). The fourth-order valence-electron chi connectivity index (χ4n) is 3.12. The summed E-state index contributed by atoms with van der Waals surface area (Å²) in [4.78, 5) is 19.6. The Bertz CT molecular complexity index is 462. The normalized spacial score (nSPS) is 23.8. The predicted octanol–water partition coefficient (Wildman–Crippen LogP) is 2.47. The number of rotatable bonds is 4. The molecule has 0 unspecified atom stereocenters. The van der Waals surface area contributed by atoms with Crippen LogP contribution in [0.2, 0.25) is 0 Å². The van der Waals surface area contributed by atoms with Crippen LogP contribution in [0.5, 0.6) is 0 Å². The summed E-state index contributed by atoms with van der Waals surface area (Å²) in [5.74, 6) is 1.55. The fourth-order valence-corrected chi connectivity index (χ4v) is 3.96. The third kappa shape index (κ3) is 4.03. The van der Waals surface area contributed by atoms with E-state index in [1.807, 2.05) is 13.8 Å². The van der Waals surface area contributed by atoms with Gasteiger partial charge in [0.25, 0.3) is 5.91 Å². The number of hydrogen-bond acceptors (Lipinski definition) is 4. The first-order chi connectivity index (χ1) is 9.45. The van der Waals surface area contributed by atoms with Gasteiger partial charge in [-0.15, -0.1) is 11.3 Å². The molecule has 0 saturated carbocycles. The predicted molar refractivity (Wildman–Crippen MR) is 83.3 cm³/mol. The van der Waals surface area contributed by atoms with Crippen molar-refractivity contribution in [3.63, 3.8) is 0 Å². The van der Waals surface area contributed by atoms with Crippen molar-refractivity contribution in [2.24, 2.45) is 11.8 Å². The lowest BCUT2D eigenvalue weighted by atomic mass is 9.92. The number of nitrogens with zero attached hydrogens (tertiary/aromatic N) is 2. The van der Waals surface area contributed by atoms with Crippen LogP contribution in [0, 0.1) is 25.7 Å². The highest BCUT2D eigenvalue weighted by Crippen LogP contribution is 2.20. The number of aromatic nitrogens is 1. The molecule has 0 aliphatic carbocycles. The number of thiazole rings is 1. The Morgan fingerprint density at radius 3 is 2.55 bits per heavy atom. The summed E-state index contributed by atoms with van der Waals surface area (Å²) in [6.45, 7) is 12.4. The van der Waals surface area contributed by atoms with Gasteiger partial charge in [0.1, 0.15) is 4.88 Å². The minimum atomic E-state index is 0.0196. The van der Waals surface area contributed by atoms with Crippen LogP contribution in [0.1, 0.15) is 40.6 Å². The second kappa shape index (κ2) is 6.68. The highest BCUT2D eigenvalue weighted by molar-refractivity contribution is 7.13. The number of carbonyl (C=O) groups is 1. The largest absolute Gasteiger partial charge is 0.350 e. The average molecular weight is 295 g/mol. The van der Waals surface area contributed by atoms with Gasteiger partial charge in [-0.05, 0) is 32.1 Å². The van der Waals surface area contributed by atoms with Gasteiger partial charge >= 0.3 is 0 Å². The number of amides is 1. The zero-order valence-corrected chi connectivity index (χ0v) is 13.7. The lowest BCUT2D eigenvalue weighted by Gasteiger charge is -2.34. The molecule has 2 heterocycles. The van der Waals surface area contributed by atoms with Gasteiger partial charge in [0.15, 0.2) is 0 Å². The van der Waals surface area contributed by atoms with Crippen molar-refractivity contribution < 1.29 is 4.79 Å². The standard InChI is InChI=1S/C15H25N3OS/c1-10-7-11(2)9-18(8-10)6-5-16-15(19)14-12(3)17-13(4)20-14/h10-11H,5-9H2,1-4H3,(H,16,19)/t10-,11-/m1/s1. The third-order valence-electron chi connectivity index (χ3n) is 3.77. The van der Waals surface area contributed by atoms with Crippen molar-refractivity contribution in [3.8, 4) is 0 Å². The summed E-state index contributed by atoms with van der Waals surface area (Å²) in [7, 11) is 0. The van der Waals surface area contributed by atoms with E-state index in [-0.39, 0.29) is 5.91 Å². The van der Waals surface area contributed by atoms with Crippen molar-refractivity contribution >= 4 is 17.2 Å². The topological polar surface area (TPSA) is 45.2 Å². The van der Waals surface area contributed by atoms with E-state index in [4.69, 9.17) is 0 Å². The lowest BCUT2D eigenvalue weighted by molar-refractivity contribution is 0.0940. The van der Waals surface area contributed by atoms with Crippen LogP contribution in [-0.4, -0.2) is 42.0 Å². The highest BCUT2D eigenvalue weighted by atomic mass is 32.1.